The first-order valence-corrected chi connectivity index (χ1v) is 6.75. The summed E-state index contributed by atoms with van der Waals surface area (Å²) in [5.74, 6) is -1.33. The van der Waals surface area contributed by atoms with Crippen molar-refractivity contribution in [1.29, 1.82) is 0 Å². The Hall–Kier alpha value is -0.610. The van der Waals surface area contributed by atoms with Crippen LogP contribution >= 0.6 is 0 Å². The zero-order valence-corrected chi connectivity index (χ0v) is 11.2. The van der Waals surface area contributed by atoms with Crippen molar-refractivity contribution in [3.05, 3.63) is 0 Å². The van der Waals surface area contributed by atoms with Crippen molar-refractivity contribution >= 4 is 5.97 Å². The van der Waals surface area contributed by atoms with Gasteiger partial charge in [-0.15, -0.1) is 0 Å². The smallest absolute Gasteiger partial charge is 0.372 e. The maximum atomic E-state index is 11.9. The number of esters is 1. The van der Waals surface area contributed by atoms with Crippen molar-refractivity contribution in [2.45, 2.75) is 65.1 Å². The predicted octanol–water partition coefficient (Wildman–Crippen LogP) is 3.20. The highest BCUT2D eigenvalue weighted by Gasteiger charge is 2.63. The first-order chi connectivity index (χ1) is 8.21. The summed E-state index contributed by atoms with van der Waals surface area (Å²) in [4.78, 5) is 21.8. The molecule has 4 heteroatoms. The molecule has 0 aliphatic carbocycles. The minimum atomic E-state index is -1.09. The summed E-state index contributed by atoms with van der Waals surface area (Å²) in [7, 11) is 0. The van der Waals surface area contributed by atoms with Gasteiger partial charge in [-0.05, 0) is 19.3 Å². The van der Waals surface area contributed by atoms with Gasteiger partial charge < -0.3 is 4.74 Å². The van der Waals surface area contributed by atoms with Gasteiger partial charge in [0.25, 0.3) is 0 Å². The van der Waals surface area contributed by atoms with E-state index in [1.165, 1.54) is 0 Å². The molecule has 0 spiro atoms. The van der Waals surface area contributed by atoms with E-state index in [0.29, 0.717) is 6.61 Å². The van der Waals surface area contributed by atoms with Crippen molar-refractivity contribution in [1.82, 2.24) is 0 Å². The summed E-state index contributed by atoms with van der Waals surface area (Å²) >= 11 is 0. The summed E-state index contributed by atoms with van der Waals surface area (Å²) in [5, 5.41) is 0. The molecule has 0 N–H and O–H groups in total. The average molecular weight is 244 g/mol. The minimum absolute atomic E-state index is 0.108. The normalized spacial score (nSPS) is 18.8. The molecule has 1 heterocycles. The predicted molar refractivity (Wildman–Crippen MR) is 64.1 cm³/mol. The molecule has 1 saturated heterocycles. The van der Waals surface area contributed by atoms with E-state index in [9.17, 15) is 4.79 Å². The maximum absolute atomic E-state index is 11.9. The van der Waals surface area contributed by atoms with Crippen LogP contribution in [0, 0.1) is 5.92 Å². The third kappa shape index (κ3) is 3.68. The summed E-state index contributed by atoms with van der Waals surface area (Å²) in [6, 6.07) is 0. The molecule has 0 bridgehead atoms. The molecule has 0 aromatic heterocycles. The van der Waals surface area contributed by atoms with Crippen molar-refractivity contribution in [2.24, 2.45) is 5.92 Å². The first-order valence-electron chi connectivity index (χ1n) is 6.75. The monoisotopic (exact) mass is 244 g/mol. The van der Waals surface area contributed by atoms with E-state index in [1.54, 1.807) is 0 Å². The second kappa shape index (κ2) is 6.97. The number of ether oxygens (including phenoxy) is 1. The standard InChI is InChI=1S/C13H24O4/c1-4-7-9-11(6-3)13(16-17-13)12(14)15-10-8-5-2/h11H,4-10H2,1-3H3. The van der Waals surface area contributed by atoms with Gasteiger partial charge in [0, 0.05) is 5.92 Å². The maximum Gasteiger partial charge on any atom is 0.372 e. The Morgan fingerprint density at radius 2 is 1.82 bits per heavy atom. The van der Waals surface area contributed by atoms with Crippen LogP contribution in [-0.4, -0.2) is 18.4 Å². The third-order valence-electron chi connectivity index (χ3n) is 3.21. The lowest BCUT2D eigenvalue weighted by Gasteiger charge is -2.17. The van der Waals surface area contributed by atoms with E-state index in [-0.39, 0.29) is 11.9 Å². The van der Waals surface area contributed by atoms with Gasteiger partial charge in [0.2, 0.25) is 0 Å². The van der Waals surface area contributed by atoms with E-state index >= 15 is 0 Å². The molecular formula is C13H24O4. The minimum Gasteiger partial charge on any atom is -0.462 e. The van der Waals surface area contributed by atoms with Gasteiger partial charge in [-0.3, -0.25) is 0 Å². The Morgan fingerprint density at radius 3 is 2.29 bits per heavy atom. The number of unbranched alkanes of at least 4 members (excludes halogenated alkanes) is 2. The van der Waals surface area contributed by atoms with Crippen molar-refractivity contribution in [2.75, 3.05) is 6.61 Å². The fourth-order valence-electron chi connectivity index (χ4n) is 1.94. The molecule has 100 valence electrons. The summed E-state index contributed by atoms with van der Waals surface area (Å²) in [6.07, 6.45) is 5.88. The number of carbonyl (C=O) groups is 1. The lowest BCUT2D eigenvalue weighted by molar-refractivity contribution is -0.154. The van der Waals surface area contributed by atoms with E-state index in [2.05, 4.69) is 13.8 Å². The molecule has 0 amide bonds. The molecule has 1 aliphatic heterocycles. The van der Waals surface area contributed by atoms with Crippen LogP contribution in [0.5, 0.6) is 0 Å². The van der Waals surface area contributed by atoms with E-state index < -0.39 is 5.79 Å². The second-order valence-corrected chi connectivity index (χ2v) is 4.57. The molecule has 0 aromatic rings. The van der Waals surface area contributed by atoms with Gasteiger partial charge >= 0.3 is 11.8 Å². The molecule has 1 fully saturated rings. The molecule has 1 aliphatic rings. The Kier molecular flexibility index (Phi) is 5.92. The number of rotatable bonds is 9. The van der Waals surface area contributed by atoms with Crippen LogP contribution in [0.3, 0.4) is 0 Å². The van der Waals surface area contributed by atoms with Gasteiger partial charge in [0.1, 0.15) is 0 Å². The Labute approximate surface area is 104 Å². The molecule has 4 nitrogen and oxygen atoms in total. The number of hydrogen-bond acceptors (Lipinski definition) is 4. The Bertz CT molecular complexity index is 236. The van der Waals surface area contributed by atoms with Gasteiger partial charge in [-0.25, -0.2) is 4.79 Å². The van der Waals surface area contributed by atoms with Gasteiger partial charge in [-0.2, -0.15) is 9.78 Å². The van der Waals surface area contributed by atoms with Crippen LogP contribution in [0.25, 0.3) is 0 Å². The highest BCUT2D eigenvalue weighted by atomic mass is 17.4. The van der Waals surface area contributed by atoms with E-state index in [1.807, 2.05) is 6.92 Å². The summed E-state index contributed by atoms with van der Waals surface area (Å²) < 4.78 is 5.18. The molecule has 1 atom stereocenters. The number of hydrogen-bond donors (Lipinski definition) is 0. The lowest BCUT2D eigenvalue weighted by atomic mass is 9.91. The van der Waals surface area contributed by atoms with Crippen LogP contribution in [-0.2, 0) is 19.3 Å². The summed E-state index contributed by atoms with van der Waals surface area (Å²) in [5.41, 5.74) is 0. The van der Waals surface area contributed by atoms with Crippen molar-refractivity contribution in [3.63, 3.8) is 0 Å². The highest BCUT2D eigenvalue weighted by molar-refractivity contribution is 5.79. The fourth-order valence-corrected chi connectivity index (χ4v) is 1.94. The van der Waals surface area contributed by atoms with E-state index in [4.69, 9.17) is 14.5 Å². The Morgan fingerprint density at radius 1 is 1.18 bits per heavy atom. The van der Waals surface area contributed by atoms with E-state index in [0.717, 1.165) is 38.5 Å². The summed E-state index contributed by atoms with van der Waals surface area (Å²) in [6.45, 7) is 6.69. The van der Waals surface area contributed by atoms with Crippen LogP contribution in [0.2, 0.25) is 0 Å². The Balaban J connectivity index is 2.44. The SMILES string of the molecule is CCCCOC(=O)C1(C(CC)CCCC)OO1. The molecule has 1 unspecified atom stereocenters. The quantitative estimate of drug-likeness (QED) is 0.270. The van der Waals surface area contributed by atoms with Crippen LogP contribution in [0.15, 0.2) is 0 Å². The van der Waals surface area contributed by atoms with Gasteiger partial charge in [0.05, 0.1) is 6.61 Å². The molecular weight excluding hydrogens is 220 g/mol. The first kappa shape index (κ1) is 14.5. The van der Waals surface area contributed by atoms with Crippen LogP contribution < -0.4 is 0 Å². The van der Waals surface area contributed by atoms with Crippen molar-refractivity contribution < 1.29 is 19.3 Å². The third-order valence-corrected chi connectivity index (χ3v) is 3.21. The molecule has 0 saturated carbocycles. The molecule has 17 heavy (non-hydrogen) atoms. The zero-order chi connectivity index (χ0) is 12.7. The molecule has 0 aromatic carbocycles. The zero-order valence-electron chi connectivity index (χ0n) is 11.2. The van der Waals surface area contributed by atoms with Gasteiger partial charge in [-0.1, -0.05) is 40.0 Å². The number of carbonyl (C=O) groups excluding carboxylic acids is 1. The van der Waals surface area contributed by atoms with Crippen LogP contribution in [0.1, 0.15) is 59.3 Å². The largest absolute Gasteiger partial charge is 0.462 e. The van der Waals surface area contributed by atoms with Crippen molar-refractivity contribution in [3.8, 4) is 0 Å². The van der Waals surface area contributed by atoms with Crippen LogP contribution in [0.4, 0.5) is 0 Å². The molecule has 0 radical (unpaired) electrons. The lowest BCUT2D eigenvalue weighted by Crippen LogP contribution is -2.35. The van der Waals surface area contributed by atoms with Gasteiger partial charge in [0.15, 0.2) is 0 Å². The molecule has 1 rings (SSSR count). The highest BCUT2D eigenvalue weighted by Crippen LogP contribution is 2.43. The second-order valence-electron chi connectivity index (χ2n) is 4.57. The fraction of sp³-hybridized carbons (Fsp3) is 0.923. The average Bonchev–Trinajstić information content (AvgIpc) is 3.12. The topological polar surface area (TPSA) is 51.4 Å².